The van der Waals surface area contributed by atoms with Gasteiger partial charge in [-0.25, -0.2) is 0 Å². The highest BCUT2D eigenvalue weighted by Crippen LogP contribution is 2.33. The SMILES string of the molecule is CC1(NCCC#N)CC1. The third kappa shape index (κ3) is 2.03. The maximum absolute atomic E-state index is 8.19. The third-order valence-corrected chi connectivity index (χ3v) is 1.79. The van der Waals surface area contributed by atoms with E-state index in [0.29, 0.717) is 12.0 Å². The summed E-state index contributed by atoms with van der Waals surface area (Å²) < 4.78 is 0. The quantitative estimate of drug-likeness (QED) is 0.571. The molecule has 0 amide bonds. The fourth-order valence-corrected chi connectivity index (χ4v) is 0.784. The molecule has 2 nitrogen and oxygen atoms in total. The van der Waals surface area contributed by atoms with Crippen molar-refractivity contribution in [1.82, 2.24) is 5.32 Å². The van der Waals surface area contributed by atoms with Crippen LogP contribution in [-0.2, 0) is 0 Å². The van der Waals surface area contributed by atoms with Gasteiger partial charge in [0.1, 0.15) is 0 Å². The minimum absolute atomic E-state index is 0.400. The molecular weight excluding hydrogens is 112 g/mol. The third-order valence-electron chi connectivity index (χ3n) is 1.79. The maximum atomic E-state index is 8.19. The lowest BCUT2D eigenvalue weighted by molar-refractivity contribution is 0.546. The van der Waals surface area contributed by atoms with Crippen molar-refractivity contribution in [3.63, 3.8) is 0 Å². The van der Waals surface area contributed by atoms with E-state index in [9.17, 15) is 0 Å². The Labute approximate surface area is 55.9 Å². The summed E-state index contributed by atoms with van der Waals surface area (Å²) in [7, 11) is 0. The molecule has 0 aliphatic heterocycles. The minimum atomic E-state index is 0.400. The number of hydrogen-bond acceptors (Lipinski definition) is 2. The van der Waals surface area contributed by atoms with Gasteiger partial charge in [-0.05, 0) is 19.8 Å². The van der Waals surface area contributed by atoms with Gasteiger partial charge in [-0.2, -0.15) is 5.26 Å². The molecule has 0 aromatic carbocycles. The standard InChI is InChI=1S/C7H12N2/c1-7(3-4-7)9-6-2-5-8/h9H,2-4,6H2,1H3. The Kier molecular flexibility index (Phi) is 1.73. The smallest absolute Gasteiger partial charge is 0.0635 e. The van der Waals surface area contributed by atoms with E-state index in [2.05, 4.69) is 18.3 Å². The molecular formula is C7H12N2. The van der Waals surface area contributed by atoms with Crippen LogP contribution in [0.4, 0.5) is 0 Å². The molecule has 0 radical (unpaired) electrons. The zero-order valence-electron chi connectivity index (χ0n) is 5.78. The molecule has 0 aromatic heterocycles. The Morgan fingerprint density at radius 3 is 2.78 bits per heavy atom. The van der Waals surface area contributed by atoms with Crippen molar-refractivity contribution < 1.29 is 0 Å². The summed E-state index contributed by atoms with van der Waals surface area (Å²) in [5.41, 5.74) is 0.400. The van der Waals surface area contributed by atoms with Crippen LogP contribution in [0, 0.1) is 11.3 Å². The molecule has 0 aromatic rings. The van der Waals surface area contributed by atoms with Crippen LogP contribution in [0.5, 0.6) is 0 Å². The van der Waals surface area contributed by atoms with Crippen LogP contribution in [-0.4, -0.2) is 12.1 Å². The van der Waals surface area contributed by atoms with Gasteiger partial charge in [0.25, 0.3) is 0 Å². The first kappa shape index (κ1) is 6.57. The number of hydrogen-bond donors (Lipinski definition) is 1. The average molecular weight is 124 g/mol. The Balaban J connectivity index is 2.00. The summed E-state index contributed by atoms with van der Waals surface area (Å²) in [6.45, 7) is 3.05. The van der Waals surface area contributed by atoms with Crippen molar-refractivity contribution >= 4 is 0 Å². The molecule has 0 heterocycles. The van der Waals surface area contributed by atoms with Crippen molar-refractivity contribution in [2.24, 2.45) is 0 Å². The molecule has 50 valence electrons. The summed E-state index contributed by atoms with van der Waals surface area (Å²) in [6.07, 6.45) is 3.19. The van der Waals surface area contributed by atoms with Crippen LogP contribution >= 0.6 is 0 Å². The van der Waals surface area contributed by atoms with E-state index in [1.165, 1.54) is 12.8 Å². The minimum Gasteiger partial charge on any atom is -0.310 e. The average Bonchev–Trinajstić information content (AvgIpc) is 2.50. The van der Waals surface area contributed by atoms with Crippen LogP contribution in [0.3, 0.4) is 0 Å². The van der Waals surface area contributed by atoms with Gasteiger partial charge in [0, 0.05) is 18.5 Å². The van der Waals surface area contributed by atoms with Crippen molar-refractivity contribution in [3.05, 3.63) is 0 Å². The predicted molar refractivity (Wildman–Crippen MR) is 35.9 cm³/mol. The number of nitrogens with zero attached hydrogens (tertiary/aromatic N) is 1. The molecule has 0 bridgehead atoms. The number of nitriles is 1. The maximum Gasteiger partial charge on any atom is 0.0635 e. The van der Waals surface area contributed by atoms with Gasteiger partial charge in [-0.3, -0.25) is 0 Å². The molecule has 1 aliphatic carbocycles. The second kappa shape index (κ2) is 2.36. The van der Waals surface area contributed by atoms with E-state index in [0.717, 1.165) is 6.54 Å². The van der Waals surface area contributed by atoms with Crippen molar-refractivity contribution in [2.45, 2.75) is 31.7 Å². The molecule has 1 aliphatic rings. The first-order valence-electron chi connectivity index (χ1n) is 3.39. The van der Waals surface area contributed by atoms with Crippen molar-refractivity contribution in [1.29, 1.82) is 5.26 Å². The highest BCUT2D eigenvalue weighted by atomic mass is 15.0. The molecule has 1 rings (SSSR count). The van der Waals surface area contributed by atoms with Crippen LogP contribution in [0.25, 0.3) is 0 Å². The largest absolute Gasteiger partial charge is 0.310 e. The normalized spacial score (nSPS) is 20.9. The van der Waals surface area contributed by atoms with Crippen LogP contribution in [0.15, 0.2) is 0 Å². The molecule has 1 fully saturated rings. The molecule has 0 spiro atoms. The summed E-state index contributed by atoms with van der Waals surface area (Å²) in [5.74, 6) is 0. The van der Waals surface area contributed by atoms with Gasteiger partial charge in [-0.15, -0.1) is 0 Å². The topological polar surface area (TPSA) is 35.8 Å². The molecule has 9 heavy (non-hydrogen) atoms. The first-order valence-corrected chi connectivity index (χ1v) is 3.39. The molecule has 0 saturated heterocycles. The summed E-state index contributed by atoms with van der Waals surface area (Å²) in [4.78, 5) is 0. The monoisotopic (exact) mass is 124 g/mol. The second-order valence-corrected chi connectivity index (χ2v) is 2.90. The lowest BCUT2D eigenvalue weighted by Gasteiger charge is -2.07. The summed E-state index contributed by atoms with van der Waals surface area (Å²) >= 11 is 0. The first-order chi connectivity index (χ1) is 4.27. The molecule has 2 heteroatoms. The van der Waals surface area contributed by atoms with Gasteiger partial charge in [0.15, 0.2) is 0 Å². The van der Waals surface area contributed by atoms with Gasteiger partial charge in [0.2, 0.25) is 0 Å². The van der Waals surface area contributed by atoms with E-state index >= 15 is 0 Å². The van der Waals surface area contributed by atoms with E-state index in [1.54, 1.807) is 0 Å². The van der Waals surface area contributed by atoms with Gasteiger partial charge in [-0.1, -0.05) is 0 Å². The lowest BCUT2D eigenvalue weighted by atomic mass is 10.3. The zero-order chi connectivity index (χ0) is 6.74. The number of rotatable bonds is 3. The fraction of sp³-hybridized carbons (Fsp3) is 0.857. The highest BCUT2D eigenvalue weighted by Gasteiger charge is 2.35. The van der Waals surface area contributed by atoms with Gasteiger partial charge in [0.05, 0.1) is 6.07 Å². The predicted octanol–water partition coefficient (Wildman–Crippen LogP) is 1.04. The van der Waals surface area contributed by atoms with E-state index < -0.39 is 0 Å². The highest BCUT2D eigenvalue weighted by molar-refractivity contribution is 4.97. The van der Waals surface area contributed by atoms with Crippen LogP contribution < -0.4 is 5.32 Å². The summed E-state index contributed by atoms with van der Waals surface area (Å²) in [5, 5.41) is 11.5. The van der Waals surface area contributed by atoms with Gasteiger partial charge < -0.3 is 5.32 Å². The van der Waals surface area contributed by atoms with Crippen LogP contribution in [0.1, 0.15) is 26.2 Å². The van der Waals surface area contributed by atoms with Crippen molar-refractivity contribution in [3.8, 4) is 6.07 Å². The van der Waals surface area contributed by atoms with E-state index in [1.807, 2.05) is 0 Å². The van der Waals surface area contributed by atoms with Gasteiger partial charge >= 0.3 is 0 Å². The Morgan fingerprint density at radius 2 is 2.33 bits per heavy atom. The Morgan fingerprint density at radius 1 is 1.67 bits per heavy atom. The molecule has 1 N–H and O–H groups in total. The Hall–Kier alpha value is -0.550. The van der Waals surface area contributed by atoms with E-state index in [4.69, 9.17) is 5.26 Å². The number of nitrogens with one attached hydrogen (secondary N) is 1. The molecule has 0 atom stereocenters. The summed E-state index contributed by atoms with van der Waals surface area (Å²) in [6, 6.07) is 2.11. The van der Waals surface area contributed by atoms with Crippen LogP contribution in [0.2, 0.25) is 0 Å². The Bertz CT molecular complexity index is 130. The molecule has 1 saturated carbocycles. The fourth-order valence-electron chi connectivity index (χ4n) is 0.784. The van der Waals surface area contributed by atoms with Crippen molar-refractivity contribution in [2.75, 3.05) is 6.54 Å². The zero-order valence-corrected chi connectivity index (χ0v) is 5.78. The van der Waals surface area contributed by atoms with E-state index in [-0.39, 0.29) is 0 Å². The molecule has 0 unspecified atom stereocenters. The lowest BCUT2D eigenvalue weighted by Crippen LogP contribution is -2.28. The second-order valence-electron chi connectivity index (χ2n) is 2.90.